The van der Waals surface area contributed by atoms with E-state index >= 15 is 0 Å². The molecule has 1 atom stereocenters. The van der Waals surface area contributed by atoms with Crippen LogP contribution in [0.2, 0.25) is 0 Å². The van der Waals surface area contributed by atoms with Gasteiger partial charge in [-0.05, 0) is 18.9 Å². The monoisotopic (exact) mass is 273 g/mol. The van der Waals surface area contributed by atoms with E-state index in [0.29, 0.717) is 17.9 Å². The van der Waals surface area contributed by atoms with E-state index in [1.807, 2.05) is 0 Å². The van der Waals surface area contributed by atoms with E-state index in [1.165, 1.54) is 19.2 Å². The second-order valence-corrected chi connectivity index (χ2v) is 6.71. The molecule has 1 aromatic carbocycles. The first-order chi connectivity index (χ1) is 8.48. The molecule has 2 rings (SSSR count). The summed E-state index contributed by atoms with van der Waals surface area (Å²) >= 11 is 0. The molecular weight excluding hydrogens is 257 g/mol. The SMILES string of the molecule is COc1cc(F)cc(NC2CCCS(=O)(=O)C2)c1. The minimum atomic E-state index is -2.97. The molecule has 18 heavy (non-hydrogen) atoms. The number of sulfone groups is 1. The number of ether oxygens (including phenoxy) is 1. The average Bonchev–Trinajstić information content (AvgIpc) is 2.26. The molecule has 1 heterocycles. The zero-order valence-electron chi connectivity index (χ0n) is 10.1. The highest BCUT2D eigenvalue weighted by Gasteiger charge is 2.24. The van der Waals surface area contributed by atoms with Gasteiger partial charge in [0.05, 0.1) is 18.6 Å². The minimum absolute atomic E-state index is 0.103. The van der Waals surface area contributed by atoms with Crippen LogP contribution in [0.25, 0.3) is 0 Å². The molecule has 0 amide bonds. The third-order valence-electron chi connectivity index (χ3n) is 2.94. The maximum atomic E-state index is 13.3. The van der Waals surface area contributed by atoms with Crippen molar-refractivity contribution in [2.45, 2.75) is 18.9 Å². The maximum Gasteiger partial charge on any atom is 0.152 e. The van der Waals surface area contributed by atoms with E-state index in [4.69, 9.17) is 4.74 Å². The Balaban J connectivity index is 2.11. The van der Waals surface area contributed by atoms with Gasteiger partial charge in [-0.25, -0.2) is 12.8 Å². The first kappa shape index (κ1) is 13.1. The van der Waals surface area contributed by atoms with Gasteiger partial charge in [0, 0.05) is 23.9 Å². The van der Waals surface area contributed by atoms with Gasteiger partial charge >= 0.3 is 0 Å². The quantitative estimate of drug-likeness (QED) is 0.912. The molecular formula is C12H16FNO3S. The molecule has 6 heteroatoms. The maximum absolute atomic E-state index is 13.3. The molecule has 0 radical (unpaired) electrons. The number of halogens is 1. The van der Waals surface area contributed by atoms with Crippen molar-refractivity contribution in [2.24, 2.45) is 0 Å². The van der Waals surface area contributed by atoms with Crippen LogP contribution in [-0.2, 0) is 9.84 Å². The van der Waals surface area contributed by atoms with E-state index in [1.54, 1.807) is 6.07 Å². The molecule has 100 valence electrons. The summed E-state index contributed by atoms with van der Waals surface area (Å²) in [6.45, 7) is 0. The number of hydrogen-bond acceptors (Lipinski definition) is 4. The van der Waals surface area contributed by atoms with Gasteiger partial charge in [0.25, 0.3) is 0 Å². The van der Waals surface area contributed by atoms with Crippen molar-refractivity contribution in [3.8, 4) is 5.75 Å². The number of anilines is 1. The molecule has 1 aliphatic heterocycles. The largest absolute Gasteiger partial charge is 0.497 e. The highest BCUT2D eigenvalue weighted by Crippen LogP contribution is 2.23. The van der Waals surface area contributed by atoms with Crippen LogP contribution in [0.3, 0.4) is 0 Å². The van der Waals surface area contributed by atoms with Crippen molar-refractivity contribution < 1.29 is 17.5 Å². The van der Waals surface area contributed by atoms with Gasteiger partial charge in [-0.1, -0.05) is 0 Å². The predicted octanol–water partition coefficient (Wildman–Crippen LogP) is 1.82. The molecule has 0 spiro atoms. The molecule has 0 bridgehead atoms. The van der Waals surface area contributed by atoms with Crippen LogP contribution in [0.15, 0.2) is 18.2 Å². The van der Waals surface area contributed by atoms with Gasteiger partial charge in [0.1, 0.15) is 11.6 Å². The van der Waals surface area contributed by atoms with Crippen molar-refractivity contribution in [2.75, 3.05) is 23.9 Å². The van der Waals surface area contributed by atoms with Crippen molar-refractivity contribution in [3.63, 3.8) is 0 Å². The Kier molecular flexibility index (Phi) is 3.75. The minimum Gasteiger partial charge on any atom is -0.497 e. The summed E-state index contributed by atoms with van der Waals surface area (Å²) in [5.41, 5.74) is 0.550. The van der Waals surface area contributed by atoms with E-state index < -0.39 is 15.7 Å². The van der Waals surface area contributed by atoms with Crippen LogP contribution in [-0.4, -0.2) is 33.1 Å². The zero-order valence-corrected chi connectivity index (χ0v) is 11.0. The van der Waals surface area contributed by atoms with Crippen molar-refractivity contribution in [1.29, 1.82) is 0 Å². The average molecular weight is 273 g/mol. The summed E-state index contributed by atoms with van der Waals surface area (Å²) in [7, 11) is -1.50. The van der Waals surface area contributed by atoms with Gasteiger partial charge in [-0.3, -0.25) is 0 Å². The van der Waals surface area contributed by atoms with Crippen molar-refractivity contribution in [1.82, 2.24) is 0 Å². The standard InChI is InChI=1S/C12H16FNO3S/c1-17-12-6-9(13)5-11(7-12)14-10-3-2-4-18(15,16)8-10/h5-7,10,14H,2-4,8H2,1H3. The molecule has 1 aliphatic rings. The van der Waals surface area contributed by atoms with Crippen LogP contribution < -0.4 is 10.1 Å². The summed E-state index contributed by atoms with van der Waals surface area (Å²) in [6.07, 6.45) is 1.42. The summed E-state index contributed by atoms with van der Waals surface area (Å²) in [5.74, 6) is 0.357. The van der Waals surface area contributed by atoms with E-state index in [2.05, 4.69) is 5.32 Å². The molecule has 1 unspecified atom stereocenters. The Morgan fingerprint density at radius 1 is 1.39 bits per heavy atom. The van der Waals surface area contributed by atoms with Crippen LogP contribution in [0.4, 0.5) is 10.1 Å². The Bertz CT molecular complexity index is 530. The number of nitrogens with one attached hydrogen (secondary N) is 1. The first-order valence-corrected chi connectivity index (χ1v) is 7.62. The predicted molar refractivity (Wildman–Crippen MR) is 68.3 cm³/mol. The fourth-order valence-corrected chi connectivity index (χ4v) is 3.77. The highest BCUT2D eigenvalue weighted by molar-refractivity contribution is 7.91. The van der Waals surface area contributed by atoms with Crippen LogP contribution in [0.1, 0.15) is 12.8 Å². The highest BCUT2D eigenvalue weighted by atomic mass is 32.2. The molecule has 1 N–H and O–H groups in total. The Labute approximate surface area is 106 Å². The Morgan fingerprint density at radius 2 is 2.17 bits per heavy atom. The third kappa shape index (κ3) is 3.35. The Morgan fingerprint density at radius 3 is 2.83 bits per heavy atom. The molecule has 0 saturated carbocycles. The lowest BCUT2D eigenvalue weighted by Gasteiger charge is -2.24. The third-order valence-corrected chi connectivity index (χ3v) is 4.76. The molecule has 0 aromatic heterocycles. The summed E-state index contributed by atoms with van der Waals surface area (Å²) < 4.78 is 41.3. The lowest BCUT2D eigenvalue weighted by Crippen LogP contribution is -2.34. The van der Waals surface area contributed by atoms with Crippen LogP contribution in [0, 0.1) is 5.82 Å². The summed E-state index contributed by atoms with van der Waals surface area (Å²) in [4.78, 5) is 0. The van der Waals surface area contributed by atoms with E-state index in [-0.39, 0.29) is 17.5 Å². The number of benzene rings is 1. The lowest BCUT2D eigenvalue weighted by atomic mass is 10.1. The second kappa shape index (κ2) is 5.14. The first-order valence-electron chi connectivity index (χ1n) is 5.80. The normalized spacial score (nSPS) is 22.4. The molecule has 1 saturated heterocycles. The summed E-state index contributed by atoms with van der Waals surface area (Å²) in [5, 5.41) is 3.05. The van der Waals surface area contributed by atoms with Gasteiger partial charge in [0.2, 0.25) is 0 Å². The smallest absolute Gasteiger partial charge is 0.152 e. The fourth-order valence-electron chi connectivity index (χ4n) is 2.14. The second-order valence-electron chi connectivity index (χ2n) is 4.48. The van der Waals surface area contributed by atoms with Gasteiger partial charge in [0.15, 0.2) is 9.84 Å². The molecule has 0 aliphatic carbocycles. The molecule has 1 aromatic rings. The van der Waals surface area contributed by atoms with Crippen molar-refractivity contribution >= 4 is 15.5 Å². The van der Waals surface area contributed by atoms with Gasteiger partial charge < -0.3 is 10.1 Å². The van der Waals surface area contributed by atoms with Crippen LogP contribution in [0.5, 0.6) is 5.75 Å². The summed E-state index contributed by atoms with van der Waals surface area (Å²) in [6, 6.07) is 4.12. The number of hydrogen-bond donors (Lipinski definition) is 1. The molecule has 1 fully saturated rings. The number of rotatable bonds is 3. The van der Waals surface area contributed by atoms with Gasteiger partial charge in [-0.2, -0.15) is 0 Å². The van der Waals surface area contributed by atoms with Crippen molar-refractivity contribution in [3.05, 3.63) is 24.0 Å². The lowest BCUT2D eigenvalue weighted by molar-refractivity contribution is 0.411. The topological polar surface area (TPSA) is 55.4 Å². The molecule has 4 nitrogen and oxygen atoms in total. The Hall–Kier alpha value is -1.30. The van der Waals surface area contributed by atoms with E-state index in [0.717, 1.165) is 6.42 Å². The van der Waals surface area contributed by atoms with E-state index in [9.17, 15) is 12.8 Å². The number of methoxy groups -OCH3 is 1. The fraction of sp³-hybridized carbons (Fsp3) is 0.500. The van der Waals surface area contributed by atoms with Crippen LogP contribution >= 0.6 is 0 Å². The zero-order chi connectivity index (χ0) is 13.2. The van der Waals surface area contributed by atoms with Gasteiger partial charge in [-0.15, -0.1) is 0 Å².